The Labute approximate surface area is 96.5 Å². The lowest BCUT2D eigenvalue weighted by molar-refractivity contribution is 0.0652. The Hall–Kier alpha value is -0.940. The molecule has 0 amide bonds. The van der Waals surface area contributed by atoms with Gasteiger partial charge in [-0.25, -0.2) is 0 Å². The molecule has 1 aromatic rings. The van der Waals surface area contributed by atoms with E-state index in [-0.39, 0.29) is 12.1 Å². The van der Waals surface area contributed by atoms with Gasteiger partial charge in [0, 0.05) is 12.0 Å². The van der Waals surface area contributed by atoms with Gasteiger partial charge in [0.15, 0.2) is 5.82 Å². The lowest BCUT2D eigenvalue weighted by Crippen LogP contribution is -2.43. The molecule has 1 aromatic heterocycles. The van der Waals surface area contributed by atoms with E-state index in [9.17, 15) is 5.11 Å². The van der Waals surface area contributed by atoms with Gasteiger partial charge >= 0.3 is 0 Å². The summed E-state index contributed by atoms with van der Waals surface area (Å²) in [7, 11) is 1.93. The van der Waals surface area contributed by atoms with Gasteiger partial charge in [0.25, 0.3) is 0 Å². The van der Waals surface area contributed by atoms with E-state index in [1.165, 1.54) is 0 Å². The van der Waals surface area contributed by atoms with Crippen molar-refractivity contribution >= 4 is 0 Å². The largest absolute Gasteiger partial charge is 0.394 e. The highest BCUT2D eigenvalue weighted by Gasteiger charge is 2.24. The number of nitrogens with zero attached hydrogens (tertiary/aromatic N) is 3. The van der Waals surface area contributed by atoms with Crippen LogP contribution in [0, 0.1) is 0 Å². The molecule has 0 aliphatic heterocycles. The Morgan fingerprint density at radius 3 is 2.69 bits per heavy atom. The molecule has 5 heteroatoms. The second-order valence-electron chi connectivity index (χ2n) is 4.68. The van der Waals surface area contributed by atoms with E-state index in [2.05, 4.69) is 17.1 Å². The van der Waals surface area contributed by atoms with Gasteiger partial charge in [0.1, 0.15) is 0 Å². The van der Waals surface area contributed by atoms with Crippen LogP contribution in [-0.2, 0) is 13.0 Å². The molecule has 92 valence electrons. The zero-order chi connectivity index (χ0) is 12.2. The van der Waals surface area contributed by atoms with Crippen LogP contribution >= 0.6 is 0 Å². The van der Waals surface area contributed by atoms with E-state index in [1.54, 1.807) is 0 Å². The first-order valence-corrected chi connectivity index (χ1v) is 5.63. The maximum Gasteiger partial charge on any atom is 0.240 e. The normalized spacial score (nSPS) is 12.4. The minimum atomic E-state index is -0.278. The molecule has 0 unspecified atom stereocenters. The molecule has 0 aliphatic rings. The van der Waals surface area contributed by atoms with Crippen molar-refractivity contribution in [2.24, 2.45) is 0 Å². The molecular weight excluding hydrogens is 206 g/mol. The van der Waals surface area contributed by atoms with Gasteiger partial charge in [-0.15, -0.1) is 0 Å². The first-order valence-electron chi connectivity index (χ1n) is 5.63. The molecule has 5 nitrogen and oxygen atoms in total. The summed E-state index contributed by atoms with van der Waals surface area (Å²) < 4.78 is 5.14. The van der Waals surface area contributed by atoms with Crippen molar-refractivity contribution in [2.75, 3.05) is 13.7 Å². The van der Waals surface area contributed by atoms with Crippen molar-refractivity contribution in [3.05, 3.63) is 11.7 Å². The number of rotatable bonds is 6. The number of aliphatic hydroxyl groups excluding tert-OH is 1. The van der Waals surface area contributed by atoms with Crippen LogP contribution in [0.2, 0.25) is 0 Å². The molecule has 0 radical (unpaired) electrons. The zero-order valence-electron chi connectivity index (χ0n) is 10.5. The number of aliphatic hydroxyl groups is 1. The van der Waals surface area contributed by atoms with Gasteiger partial charge in [0.05, 0.1) is 13.2 Å². The molecule has 0 bridgehead atoms. The fraction of sp³-hybridized carbons (Fsp3) is 0.818. The van der Waals surface area contributed by atoms with Crippen LogP contribution in [0.25, 0.3) is 0 Å². The van der Waals surface area contributed by atoms with Gasteiger partial charge < -0.3 is 9.63 Å². The van der Waals surface area contributed by atoms with Crippen LogP contribution in [0.3, 0.4) is 0 Å². The predicted octanol–water partition coefficient (Wildman–Crippen LogP) is 1.22. The molecule has 0 aliphatic carbocycles. The highest BCUT2D eigenvalue weighted by molar-refractivity contribution is 4.88. The second kappa shape index (κ2) is 5.41. The summed E-state index contributed by atoms with van der Waals surface area (Å²) in [5, 5.41) is 13.1. The van der Waals surface area contributed by atoms with E-state index in [0.29, 0.717) is 12.4 Å². The topological polar surface area (TPSA) is 62.4 Å². The van der Waals surface area contributed by atoms with Gasteiger partial charge in [-0.3, -0.25) is 4.90 Å². The maximum atomic E-state index is 9.22. The van der Waals surface area contributed by atoms with Crippen LogP contribution in [-0.4, -0.2) is 39.3 Å². The summed E-state index contributed by atoms with van der Waals surface area (Å²) in [4.78, 5) is 6.28. The molecule has 1 rings (SSSR count). The van der Waals surface area contributed by atoms with E-state index in [4.69, 9.17) is 4.52 Å². The fourth-order valence-corrected chi connectivity index (χ4v) is 1.22. The third-order valence-corrected chi connectivity index (χ3v) is 2.78. The average Bonchev–Trinajstić information content (AvgIpc) is 2.66. The summed E-state index contributed by atoms with van der Waals surface area (Å²) in [6.07, 6.45) is 1.85. The van der Waals surface area contributed by atoms with E-state index in [1.807, 2.05) is 25.8 Å². The molecule has 16 heavy (non-hydrogen) atoms. The summed E-state index contributed by atoms with van der Waals surface area (Å²) >= 11 is 0. The third kappa shape index (κ3) is 3.28. The van der Waals surface area contributed by atoms with Crippen molar-refractivity contribution in [1.82, 2.24) is 15.0 Å². The first-order chi connectivity index (χ1) is 7.49. The van der Waals surface area contributed by atoms with Crippen molar-refractivity contribution < 1.29 is 9.63 Å². The highest BCUT2D eigenvalue weighted by atomic mass is 16.5. The quantitative estimate of drug-likeness (QED) is 0.791. The average molecular weight is 227 g/mol. The van der Waals surface area contributed by atoms with Gasteiger partial charge in [-0.1, -0.05) is 12.1 Å². The lowest BCUT2D eigenvalue weighted by atomic mass is 10.1. The number of aryl methyl sites for hydroxylation is 1. The molecule has 0 aromatic carbocycles. The molecular formula is C11H21N3O2. The summed E-state index contributed by atoms with van der Waals surface area (Å²) in [6, 6.07) is 0. The van der Waals surface area contributed by atoms with Gasteiger partial charge in [-0.05, 0) is 27.3 Å². The van der Waals surface area contributed by atoms with Crippen LogP contribution in [0.15, 0.2) is 4.52 Å². The van der Waals surface area contributed by atoms with Crippen molar-refractivity contribution in [2.45, 2.75) is 45.7 Å². The Balaban J connectivity index is 2.59. The van der Waals surface area contributed by atoms with Crippen LogP contribution in [0.1, 0.15) is 38.9 Å². The highest BCUT2D eigenvalue weighted by Crippen LogP contribution is 2.14. The standard InChI is InChI=1S/C11H21N3O2/c1-5-6-9-12-10(16-13-9)7-14(4)11(2,3)8-15/h15H,5-8H2,1-4H3. The second-order valence-corrected chi connectivity index (χ2v) is 4.68. The van der Waals surface area contributed by atoms with Crippen LogP contribution in [0.4, 0.5) is 0 Å². The maximum absolute atomic E-state index is 9.22. The predicted molar refractivity (Wildman–Crippen MR) is 60.9 cm³/mol. The first kappa shape index (κ1) is 13.1. The van der Waals surface area contributed by atoms with Gasteiger partial charge in [0.2, 0.25) is 5.89 Å². The fourth-order valence-electron chi connectivity index (χ4n) is 1.22. The summed E-state index contributed by atoms with van der Waals surface area (Å²) in [6.45, 7) is 6.67. The zero-order valence-corrected chi connectivity index (χ0v) is 10.5. The minimum Gasteiger partial charge on any atom is -0.394 e. The van der Waals surface area contributed by atoms with E-state index in [0.717, 1.165) is 18.7 Å². The molecule has 1 heterocycles. The molecule has 0 spiro atoms. The molecule has 0 atom stereocenters. The van der Waals surface area contributed by atoms with Crippen molar-refractivity contribution in [3.8, 4) is 0 Å². The lowest BCUT2D eigenvalue weighted by Gasteiger charge is -2.32. The summed E-state index contributed by atoms with van der Waals surface area (Å²) in [5.74, 6) is 1.36. The van der Waals surface area contributed by atoms with Crippen molar-refractivity contribution in [3.63, 3.8) is 0 Å². The van der Waals surface area contributed by atoms with Crippen LogP contribution in [0.5, 0.6) is 0 Å². The Morgan fingerprint density at radius 2 is 2.12 bits per heavy atom. The third-order valence-electron chi connectivity index (χ3n) is 2.78. The van der Waals surface area contributed by atoms with Crippen LogP contribution < -0.4 is 0 Å². The van der Waals surface area contributed by atoms with Crippen molar-refractivity contribution in [1.29, 1.82) is 0 Å². The smallest absolute Gasteiger partial charge is 0.240 e. The SMILES string of the molecule is CCCc1noc(CN(C)C(C)(C)CO)n1. The van der Waals surface area contributed by atoms with E-state index < -0.39 is 0 Å². The molecule has 0 saturated heterocycles. The Kier molecular flexibility index (Phi) is 4.44. The monoisotopic (exact) mass is 227 g/mol. The molecule has 0 saturated carbocycles. The number of aromatic nitrogens is 2. The number of likely N-dealkylation sites (N-methyl/N-ethyl adjacent to an activating group) is 1. The van der Waals surface area contributed by atoms with Gasteiger partial charge in [-0.2, -0.15) is 4.98 Å². The van der Waals surface area contributed by atoms with E-state index >= 15 is 0 Å². The molecule has 1 N–H and O–H groups in total. The number of hydrogen-bond acceptors (Lipinski definition) is 5. The molecule has 0 fully saturated rings. The Bertz CT molecular complexity index is 323. The number of hydrogen-bond donors (Lipinski definition) is 1. The minimum absolute atomic E-state index is 0.0967. The Morgan fingerprint density at radius 1 is 1.44 bits per heavy atom. The summed E-state index contributed by atoms with van der Waals surface area (Å²) in [5.41, 5.74) is -0.278.